The number of nitrogens with zero attached hydrogens (tertiary/aromatic N) is 2. The van der Waals surface area contributed by atoms with Gasteiger partial charge in [-0.05, 0) is 12.1 Å². The maximum Gasteiger partial charge on any atom is 0.0961 e. The Hall–Kier alpha value is -1.90. The van der Waals surface area contributed by atoms with E-state index in [0.29, 0.717) is 0 Å². The Balaban J connectivity index is 2.65. The second kappa shape index (κ2) is 2.29. The first-order chi connectivity index (χ1) is 6.45. The van der Waals surface area contributed by atoms with E-state index in [1.807, 2.05) is 24.4 Å². The van der Waals surface area contributed by atoms with Crippen molar-refractivity contribution in [3.63, 3.8) is 0 Å². The fourth-order valence-electron chi connectivity index (χ4n) is 1.57. The predicted molar refractivity (Wildman–Crippen MR) is 51.4 cm³/mol. The number of rotatable bonds is 0. The quantitative estimate of drug-likeness (QED) is 0.560. The van der Waals surface area contributed by atoms with Crippen molar-refractivity contribution in [3.05, 3.63) is 36.9 Å². The molecule has 3 rings (SSSR count). The van der Waals surface area contributed by atoms with Gasteiger partial charge in [-0.2, -0.15) is 0 Å². The van der Waals surface area contributed by atoms with Crippen molar-refractivity contribution in [3.8, 4) is 0 Å². The average Bonchev–Trinajstić information content (AvgIpc) is 2.65. The normalized spacial score (nSPS) is 11.1. The molecule has 1 N–H and O–H groups in total. The molecule has 1 aromatic carbocycles. The van der Waals surface area contributed by atoms with E-state index in [2.05, 4.69) is 15.0 Å². The minimum Gasteiger partial charge on any atom is -0.345 e. The topological polar surface area (TPSA) is 41.6 Å². The molecule has 0 unspecified atom stereocenters. The lowest BCUT2D eigenvalue weighted by molar-refractivity contribution is 1.34. The molecule has 0 spiro atoms. The van der Waals surface area contributed by atoms with Crippen LogP contribution in [0.1, 0.15) is 0 Å². The van der Waals surface area contributed by atoms with Crippen LogP contribution in [0.3, 0.4) is 0 Å². The largest absolute Gasteiger partial charge is 0.345 e. The summed E-state index contributed by atoms with van der Waals surface area (Å²) >= 11 is 0. The van der Waals surface area contributed by atoms with E-state index >= 15 is 0 Å². The Bertz CT molecular complexity index is 568. The standard InChI is InChI=1S/C10H7N3/c1-2-9-10(13-6-12-9)8-3-4-11-5-7(1)8/h1-6H,(H,12,13). The maximum atomic E-state index is 4.26. The van der Waals surface area contributed by atoms with Crippen molar-refractivity contribution >= 4 is 21.8 Å². The lowest BCUT2D eigenvalue weighted by Crippen LogP contribution is -1.77. The first-order valence-electron chi connectivity index (χ1n) is 4.11. The molecule has 0 aliphatic carbocycles. The minimum atomic E-state index is 1.01. The zero-order chi connectivity index (χ0) is 8.67. The number of benzene rings is 1. The summed E-state index contributed by atoms with van der Waals surface area (Å²) in [6.45, 7) is 0. The first kappa shape index (κ1) is 6.60. The number of pyridine rings is 1. The van der Waals surface area contributed by atoms with Gasteiger partial charge in [0.05, 0.1) is 17.4 Å². The number of hydrogen-bond donors (Lipinski definition) is 1. The molecule has 3 nitrogen and oxygen atoms in total. The van der Waals surface area contributed by atoms with Gasteiger partial charge in [-0.25, -0.2) is 4.98 Å². The van der Waals surface area contributed by atoms with Gasteiger partial charge >= 0.3 is 0 Å². The lowest BCUT2D eigenvalue weighted by Gasteiger charge is -1.95. The Morgan fingerprint density at radius 2 is 2.15 bits per heavy atom. The highest BCUT2D eigenvalue weighted by atomic mass is 14.9. The third kappa shape index (κ3) is 0.839. The number of nitrogens with one attached hydrogen (secondary N) is 1. The molecule has 3 aromatic rings. The molecule has 2 aromatic heterocycles. The van der Waals surface area contributed by atoms with Gasteiger partial charge < -0.3 is 4.98 Å². The molecule has 3 heteroatoms. The van der Waals surface area contributed by atoms with Crippen LogP contribution >= 0.6 is 0 Å². The molecular formula is C10H7N3. The van der Waals surface area contributed by atoms with E-state index in [0.717, 1.165) is 21.8 Å². The lowest BCUT2D eigenvalue weighted by atomic mass is 10.1. The molecule has 0 aliphatic heterocycles. The van der Waals surface area contributed by atoms with Crippen LogP contribution in [-0.2, 0) is 0 Å². The Kier molecular flexibility index (Phi) is 1.16. The average molecular weight is 169 g/mol. The highest BCUT2D eigenvalue weighted by Crippen LogP contribution is 2.20. The van der Waals surface area contributed by atoms with Crippen LogP contribution < -0.4 is 0 Å². The van der Waals surface area contributed by atoms with E-state index in [1.165, 1.54) is 0 Å². The number of hydrogen-bond acceptors (Lipinski definition) is 2. The van der Waals surface area contributed by atoms with Crippen LogP contribution in [0.25, 0.3) is 21.8 Å². The Labute approximate surface area is 74.4 Å². The zero-order valence-corrected chi connectivity index (χ0v) is 6.86. The third-order valence-electron chi connectivity index (χ3n) is 2.21. The van der Waals surface area contributed by atoms with Crippen LogP contribution in [0.5, 0.6) is 0 Å². The second-order valence-corrected chi connectivity index (χ2v) is 2.96. The monoisotopic (exact) mass is 169 g/mol. The molecular weight excluding hydrogens is 162 g/mol. The molecule has 0 bridgehead atoms. The first-order valence-corrected chi connectivity index (χ1v) is 4.11. The molecule has 0 atom stereocenters. The van der Waals surface area contributed by atoms with E-state index in [-0.39, 0.29) is 0 Å². The predicted octanol–water partition coefficient (Wildman–Crippen LogP) is 2.11. The molecule has 2 heterocycles. The molecule has 0 saturated heterocycles. The van der Waals surface area contributed by atoms with Crippen molar-refractivity contribution in [1.82, 2.24) is 15.0 Å². The molecule has 0 radical (unpaired) electrons. The summed E-state index contributed by atoms with van der Waals surface area (Å²) in [4.78, 5) is 11.4. The van der Waals surface area contributed by atoms with E-state index in [1.54, 1.807) is 12.5 Å². The molecule has 13 heavy (non-hydrogen) atoms. The SMILES string of the molecule is c1cc2c(ccc3[nH]cnc32)cn1. The van der Waals surface area contributed by atoms with Crippen molar-refractivity contribution in [2.45, 2.75) is 0 Å². The van der Waals surface area contributed by atoms with Gasteiger partial charge in [0.15, 0.2) is 0 Å². The molecule has 0 fully saturated rings. The maximum absolute atomic E-state index is 4.26. The third-order valence-corrected chi connectivity index (χ3v) is 2.21. The van der Waals surface area contributed by atoms with Crippen LogP contribution in [-0.4, -0.2) is 15.0 Å². The van der Waals surface area contributed by atoms with Gasteiger partial charge in [0.1, 0.15) is 0 Å². The minimum absolute atomic E-state index is 1.01. The highest BCUT2D eigenvalue weighted by molar-refractivity contribution is 6.03. The fourth-order valence-corrected chi connectivity index (χ4v) is 1.57. The van der Waals surface area contributed by atoms with Crippen molar-refractivity contribution in [2.24, 2.45) is 0 Å². The van der Waals surface area contributed by atoms with Gasteiger partial charge in [0.2, 0.25) is 0 Å². The Morgan fingerprint density at radius 1 is 1.15 bits per heavy atom. The van der Waals surface area contributed by atoms with Gasteiger partial charge in [-0.1, -0.05) is 6.07 Å². The number of imidazole rings is 1. The second-order valence-electron chi connectivity index (χ2n) is 2.96. The summed E-state index contributed by atoms with van der Waals surface area (Å²) in [6.07, 6.45) is 5.35. The van der Waals surface area contributed by atoms with Crippen molar-refractivity contribution in [1.29, 1.82) is 0 Å². The Morgan fingerprint density at radius 3 is 3.15 bits per heavy atom. The van der Waals surface area contributed by atoms with E-state index in [4.69, 9.17) is 0 Å². The summed E-state index contributed by atoms with van der Waals surface area (Å²) in [5.74, 6) is 0. The zero-order valence-electron chi connectivity index (χ0n) is 6.86. The summed E-state index contributed by atoms with van der Waals surface area (Å²) < 4.78 is 0. The number of aromatic amines is 1. The fraction of sp³-hybridized carbons (Fsp3) is 0. The van der Waals surface area contributed by atoms with E-state index in [9.17, 15) is 0 Å². The van der Waals surface area contributed by atoms with Crippen LogP contribution in [0.15, 0.2) is 36.9 Å². The van der Waals surface area contributed by atoms with Crippen LogP contribution in [0.4, 0.5) is 0 Å². The van der Waals surface area contributed by atoms with E-state index < -0.39 is 0 Å². The molecule has 0 amide bonds. The summed E-state index contributed by atoms with van der Waals surface area (Å²) in [7, 11) is 0. The smallest absolute Gasteiger partial charge is 0.0961 e. The number of fused-ring (bicyclic) bond motifs is 3. The molecule has 0 aliphatic rings. The molecule has 0 saturated carbocycles. The van der Waals surface area contributed by atoms with Crippen molar-refractivity contribution in [2.75, 3.05) is 0 Å². The van der Waals surface area contributed by atoms with Gasteiger partial charge in [0.25, 0.3) is 0 Å². The number of H-pyrrole nitrogens is 1. The summed E-state index contributed by atoms with van der Waals surface area (Å²) in [5.41, 5.74) is 2.08. The van der Waals surface area contributed by atoms with Crippen molar-refractivity contribution < 1.29 is 0 Å². The summed E-state index contributed by atoms with van der Waals surface area (Å²) in [5, 5.41) is 2.27. The highest BCUT2D eigenvalue weighted by Gasteiger charge is 2.00. The number of aromatic nitrogens is 3. The van der Waals surface area contributed by atoms with Crippen LogP contribution in [0, 0.1) is 0 Å². The van der Waals surface area contributed by atoms with Gasteiger partial charge in [-0.3, -0.25) is 4.98 Å². The molecule has 62 valence electrons. The van der Waals surface area contributed by atoms with Crippen LogP contribution in [0.2, 0.25) is 0 Å². The summed E-state index contributed by atoms with van der Waals surface area (Å²) in [6, 6.07) is 6.05. The van der Waals surface area contributed by atoms with Gasteiger partial charge in [0, 0.05) is 23.2 Å². The van der Waals surface area contributed by atoms with Gasteiger partial charge in [-0.15, -0.1) is 0 Å².